The van der Waals surface area contributed by atoms with Gasteiger partial charge < -0.3 is 13.4 Å². The molecule has 0 spiro atoms. The average Bonchev–Trinajstić information content (AvgIpc) is 3.68. The lowest BCUT2D eigenvalue weighted by Gasteiger charge is -2.18. The molecule has 5 aromatic rings. The number of para-hydroxylation sites is 1. The monoisotopic (exact) mass is 497 g/mol. The molecule has 1 amide bonds. The second-order valence-electron chi connectivity index (χ2n) is 8.55. The third-order valence-corrected chi connectivity index (χ3v) is 6.70. The van der Waals surface area contributed by atoms with E-state index in [0.29, 0.717) is 28.5 Å². The summed E-state index contributed by atoms with van der Waals surface area (Å²) in [6.07, 6.45) is 3.29. The Morgan fingerprint density at radius 2 is 1.69 bits per heavy atom. The van der Waals surface area contributed by atoms with Crippen molar-refractivity contribution in [1.29, 1.82) is 0 Å². The Bertz CT molecular complexity index is 1670. The number of rotatable bonds is 4. The summed E-state index contributed by atoms with van der Waals surface area (Å²) in [6.45, 7) is 0. The van der Waals surface area contributed by atoms with Crippen molar-refractivity contribution in [2.24, 2.45) is 12.1 Å². The smallest absolute Gasteiger partial charge is 0.310 e. The maximum absolute atomic E-state index is 13.8. The highest BCUT2D eigenvalue weighted by Crippen LogP contribution is 2.38. The van der Waals surface area contributed by atoms with E-state index in [1.54, 1.807) is 54.3 Å². The first kappa shape index (κ1) is 22.1. The van der Waals surface area contributed by atoms with Gasteiger partial charge in [0.05, 0.1) is 29.3 Å². The predicted octanol–water partition coefficient (Wildman–Crippen LogP) is 6.04. The summed E-state index contributed by atoms with van der Waals surface area (Å²) in [5, 5.41) is 7.54. The highest BCUT2D eigenvalue weighted by Gasteiger charge is 2.38. The third kappa shape index (κ3) is 3.56. The summed E-state index contributed by atoms with van der Waals surface area (Å²) < 4.78 is 12.6. The number of furan rings is 2. The molecule has 3 aromatic heterocycles. The molecule has 1 aliphatic heterocycles. The maximum atomic E-state index is 13.8. The quantitative estimate of drug-likeness (QED) is 0.303. The summed E-state index contributed by atoms with van der Waals surface area (Å²) in [5.41, 5.74) is 3.09. The van der Waals surface area contributed by atoms with Crippen LogP contribution in [0.4, 0.5) is 0 Å². The van der Waals surface area contributed by atoms with Gasteiger partial charge in [0.2, 0.25) is 0 Å². The van der Waals surface area contributed by atoms with E-state index < -0.39 is 11.9 Å². The number of aromatic nitrogens is 1. The number of aryl methyl sites for hydroxylation is 1. The zero-order chi connectivity index (χ0) is 24.8. The molecule has 0 N–H and O–H groups in total. The van der Waals surface area contributed by atoms with Crippen molar-refractivity contribution in [3.63, 3.8) is 0 Å². The number of carbonyl (C=O) groups excluding carboxylic acids is 1. The molecular weight excluding hydrogens is 478 g/mol. The molecule has 7 nitrogen and oxygen atoms in total. The van der Waals surface area contributed by atoms with Crippen LogP contribution in [0, 0.1) is 0 Å². The summed E-state index contributed by atoms with van der Waals surface area (Å²) in [7, 11) is 1.74. The molecule has 0 bridgehead atoms. The molecule has 0 aliphatic carbocycles. The summed E-state index contributed by atoms with van der Waals surface area (Å²) in [5.74, 6) is 0.308. The van der Waals surface area contributed by atoms with E-state index >= 15 is 0 Å². The van der Waals surface area contributed by atoms with Gasteiger partial charge in [0.1, 0.15) is 11.8 Å². The second-order valence-corrected chi connectivity index (χ2v) is 8.98. The van der Waals surface area contributed by atoms with Gasteiger partial charge in [-0.25, -0.2) is 5.01 Å². The zero-order valence-electron chi connectivity index (χ0n) is 19.2. The molecule has 36 heavy (non-hydrogen) atoms. The van der Waals surface area contributed by atoms with Gasteiger partial charge in [0.25, 0.3) is 5.56 Å². The van der Waals surface area contributed by atoms with Crippen molar-refractivity contribution in [2.45, 2.75) is 12.5 Å². The topological polar surface area (TPSA) is 81.0 Å². The van der Waals surface area contributed by atoms with Crippen molar-refractivity contribution < 1.29 is 13.6 Å². The van der Waals surface area contributed by atoms with Gasteiger partial charge in [-0.15, -0.1) is 0 Å². The average molecular weight is 498 g/mol. The van der Waals surface area contributed by atoms with Gasteiger partial charge in [-0.05, 0) is 48.0 Å². The van der Waals surface area contributed by atoms with Crippen LogP contribution in [0.15, 0.2) is 104 Å². The molecule has 0 saturated carbocycles. The van der Waals surface area contributed by atoms with E-state index in [1.807, 2.05) is 36.4 Å². The van der Waals surface area contributed by atoms with Crippen molar-refractivity contribution in [1.82, 2.24) is 9.58 Å². The normalized spacial score (nSPS) is 15.4. The third-order valence-electron chi connectivity index (χ3n) is 6.45. The van der Waals surface area contributed by atoms with Crippen LogP contribution in [-0.2, 0) is 7.05 Å². The molecule has 0 unspecified atom stereocenters. The minimum absolute atomic E-state index is 0.154. The molecule has 8 heteroatoms. The zero-order valence-corrected chi connectivity index (χ0v) is 20.0. The van der Waals surface area contributed by atoms with Crippen LogP contribution in [0.1, 0.15) is 34.3 Å². The molecule has 6 rings (SSSR count). The van der Waals surface area contributed by atoms with Crippen molar-refractivity contribution in [3.05, 3.63) is 118 Å². The molecular formula is C28H20ClN3O4. The Morgan fingerprint density at radius 1 is 0.944 bits per heavy atom. The highest BCUT2D eigenvalue weighted by atomic mass is 35.5. The van der Waals surface area contributed by atoms with Gasteiger partial charge in [-0.3, -0.25) is 9.59 Å². The fraction of sp³-hybridized carbons (Fsp3) is 0.107. The number of hydrazone groups is 1. The summed E-state index contributed by atoms with van der Waals surface area (Å²) in [4.78, 5) is 27.2. The van der Waals surface area contributed by atoms with E-state index in [-0.39, 0.29) is 11.3 Å². The number of hydrogen-bond acceptors (Lipinski definition) is 5. The van der Waals surface area contributed by atoms with E-state index in [9.17, 15) is 9.59 Å². The first-order chi connectivity index (χ1) is 17.5. The van der Waals surface area contributed by atoms with Gasteiger partial charge in [-0.2, -0.15) is 5.10 Å². The maximum Gasteiger partial charge on any atom is 0.310 e. The van der Waals surface area contributed by atoms with Crippen LogP contribution in [-0.4, -0.2) is 21.2 Å². The fourth-order valence-corrected chi connectivity index (χ4v) is 4.87. The molecule has 178 valence electrons. The summed E-state index contributed by atoms with van der Waals surface area (Å²) >= 11 is 6.17. The number of fused-ring (bicyclic) bond motifs is 1. The van der Waals surface area contributed by atoms with Crippen molar-refractivity contribution >= 4 is 34.1 Å². The van der Waals surface area contributed by atoms with E-state index in [0.717, 1.165) is 22.0 Å². The van der Waals surface area contributed by atoms with E-state index in [1.165, 1.54) is 11.3 Å². The highest BCUT2D eigenvalue weighted by molar-refractivity contribution is 6.30. The number of pyridine rings is 1. The Kier molecular flexibility index (Phi) is 5.34. The lowest BCUT2D eigenvalue weighted by Crippen LogP contribution is -2.26. The second kappa shape index (κ2) is 8.70. The SMILES string of the molecule is Cn1c(=O)c(C2=NN(C(=O)c3ccco3)[C@H](c3ccco3)C2)c(-c2ccc(Cl)cc2)c2ccccc21. The molecule has 1 atom stereocenters. The number of benzene rings is 2. The van der Waals surface area contributed by atoms with Crippen LogP contribution in [0.5, 0.6) is 0 Å². The van der Waals surface area contributed by atoms with Gasteiger partial charge in [0.15, 0.2) is 5.76 Å². The summed E-state index contributed by atoms with van der Waals surface area (Å²) in [6, 6.07) is 21.4. The first-order valence-corrected chi connectivity index (χ1v) is 11.8. The Labute approximate surface area is 210 Å². The molecule has 2 aromatic carbocycles. The van der Waals surface area contributed by atoms with Gasteiger partial charge >= 0.3 is 5.91 Å². The van der Waals surface area contributed by atoms with Crippen LogP contribution in [0.25, 0.3) is 22.0 Å². The van der Waals surface area contributed by atoms with E-state index in [2.05, 4.69) is 0 Å². The van der Waals surface area contributed by atoms with Gasteiger partial charge in [0, 0.05) is 29.4 Å². The van der Waals surface area contributed by atoms with Crippen LogP contribution < -0.4 is 5.56 Å². The number of hydrogen-bond donors (Lipinski definition) is 0. The molecule has 0 fully saturated rings. The number of amides is 1. The predicted molar refractivity (Wildman–Crippen MR) is 137 cm³/mol. The van der Waals surface area contributed by atoms with Crippen molar-refractivity contribution in [3.8, 4) is 11.1 Å². The largest absolute Gasteiger partial charge is 0.467 e. The lowest BCUT2D eigenvalue weighted by molar-refractivity contribution is 0.0660. The van der Waals surface area contributed by atoms with E-state index in [4.69, 9.17) is 25.5 Å². The van der Waals surface area contributed by atoms with Crippen LogP contribution in [0.2, 0.25) is 5.02 Å². The standard InChI is InChI=1S/C28H20ClN3O4/c1-31-21-7-3-2-6-19(21)25(17-10-12-18(29)13-11-17)26(28(31)34)20-16-22(23-8-4-14-35-23)32(30-20)27(33)24-9-5-15-36-24/h2-15,22H,16H2,1H3/t22-/m0/s1. The Balaban J connectivity index is 1.60. The van der Waals surface area contributed by atoms with Crippen molar-refractivity contribution in [2.75, 3.05) is 0 Å². The molecule has 0 saturated heterocycles. The molecule has 4 heterocycles. The van der Waals surface area contributed by atoms with Gasteiger partial charge in [-0.1, -0.05) is 41.9 Å². The fourth-order valence-electron chi connectivity index (χ4n) is 4.74. The molecule has 1 aliphatic rings. The number of carbonyl (C=O) groups is 1. The number of halogens is 1. The first-order valence-electron chi connectivity index (χ1n) is 11.4. The van der Waals surface area contributed by atoms with Crippen LogP contribution in [0.3, 0.4) is 0 Å². The number of nitrogens with zero attached hydrogens (tertiary/aromatic N) is 3. The molecule has 0 radical (unpaired) electrons. The Morgan fingerprint density at radius 3 is 2.42 bits per heavy atom. The Hall–Kier alpha value is -4.36. The minimum Gasteiger partial charge on any atom is -0.467 e. The lowest BCUT2D eigenvalue weighted by atomic mass is 9.91. The minimum atomic E-state index is -0.526. The van der Waals surface area contributed by atoms with Crippen LogP contribution >= 0.6 is 11.6 Å².